The number of nitrogens with zero attached hydrogens (tertiary/aromatic N) is 2. The van der Waals surface area contributed by atoms with Crippen LogP contribution < -0.4 is 5.63 Å². The Balaban J connectivity index is 1.97. The van der Waals surface area contributed by atoms with Crippen LogP contribution in [0.4, 0.5) is 0 Å². The molecule has 0 aliphatic carbocycles. The van der Waals surface area contributed by atoms with Crippen LogP contribution in [-0.4, -0.2) is 9.97 Å². The number of fused-ring (bicyclic) bond motifs is 1. The SMILES string of the molecule is O=c1cnc2ccc(/C=C/c3ccccc3)nc2o1. The van der Waals surface area contributed by atoms with Crippen LogP contribution in [0.5, 0.6) is 0 Å². The highest BCUT2D eigenvalue weighted by Crippen LogP contribution is 2.10. The van der Waals surface area contributed by atoms with Crippen LogP contribution in [0.25, 0.3) is 23.4 Å². The summed E-state index contributed by atoms with van der Waals surface area (Å²) < 4.78 is 4.99. The van der Waals surface area contributed by atoms with E-state index in [0.717, 1.165) is 11.8 Å². The van der Waals surface area contributed by atoms with Crippen molar-refractivity contribution in [2.45, 2.75) is 0 Å². The summed E-state index contributed by atoms with van der Waals surface area (Å²) in [5, 5.41) is 0. The van der Waals surface area contributed by atoms with Gasteiger partial charge in [-0.2, -0.15) is 0 Å². The predicted octanol–water partition coefficient (Wildman–Crippen LogP) is 2.75. The molecule has 3 rings (SSSR count). The monoisotopic (exact) mass is 250 g/mol. The maximum absolute atomic E-state index is 11.1. The Labute approximate surface area is 109 Å². The molecule has 4 nitrogen and oxygen atoms in total. The highest BCUT2D eigenvalue weighted by molar-refractivity contribution is 5.73. The van der Waals surface area contributed by atoms with Gasteiger partial charge >= 0.3 is 5.63 Å². The van der Waals surface area contributed by atoms with E-state index in [1.807, 2.05) is 48.6 Å². The molecular formula is C15H10N2O2. The lowest BCUT2D eigenvalue weighted by Crippen LogP contribution is -1.99. The maximum atomic E-state index is 11.1. The molecule has 19 heavy (non-hydrogen) atoms. The first-order chi connectivity index (χ1) is 9.31. The molecule has 0 unspecified atom stereocenters. The number of pyridine rings is 1. The van der Waals surface area contributed by atoms with Gasteiger partial charge in [0, 0.05) is 0 Å². The fourth-order valence-corrected chi connectivity index (χ4v) is 1.70. The Hall–Kier alpha value is -2.75. The summed E-state index contributed by atoms with van der Waals surface area (Å²) in [7, 11) is 0. The number of benzene rings is 1. The zero-order chi connectivity index (χ0) is 13.1. The number of hydrogen-bond donors (Lipinski definition) is 0. The fourth-order valence-electron chi connectivity index (χ4n) is 1.70. The molecule has 0 bridgehead atoms. The predicted molar refractivity (Wildman–Crippen MR) is 73.4 cm³/mol. The minimum atomic E-state index is -0.496. The molecule has 0 aliphatic heterocycles. The van der Waals surface area contributed by atoms with Crippen molar-refractivity contribution in [2.24, 2.45) is 0 Å². The standard InChI is InChI=1S/C15H10N2O2/c18-14-10-16-13-9-8-12(17-15(13)19-14)7-6-11-4-2-1-3-5-11/h1-10H/b7-6+. The van der Waals surface area contributed by atoms with Crippen LogP contribution in [0.15, 0.2) is 57.9 Å². The largest absolute Gasteiger partial charge is 0.401 e. The summed E-state index contributed by atoms with van der Waals surface area (Å²) in [4.78, 5) is 19.3. The highest BCUT2D eigenvalue weighted by atomic mass is 16.4. The molecule has 4 heteroatoms. The molecule has 0 radical (unpaired) electrons. The van der Waals surface area contributed by atoms with Gasteiger partial charge in [-0.3, -0.25) is 0 Å². The summed E-state index contributed by atoms with van der Waals surface area (Å²) in [5.74, 6) is 0. The molecule has 2 heterocycles. The van der Waals surface area contributed by atoms with Crippen molar-refractivity contribution in [3.8, 4) is 0 Å². The Kier molecular flexibility index (Phi) is 2.90. The highest BCUT2D eigenvalue weighted by Gasteiger charge is 2.00. The lowest BCUT2D eigenvalue weighted by Gasteiger charge is -1.96. The lowest BCUT2D eigenvalue weighted by molar-refractivity contribution is 0.543. The minimum Gasteiger partial charge on any atom is -0.401 e. The molecule has 0 saturated carbocycles. The lowest BCUT2D eigenvalue weighted by atomic mass is 10.2. The van der Waals surface area contributed by atoms with Crippen molar-refractivity contribution in [2.75, 3.05) is 0 Å². The second-order valence-corrected chi connectivity index (χ2v) is 3.98. The van der Waals surface area contributed by atoms with Crippen LogP contribution in [0.3, 0.4) is 0 Å². The van der Waals surface area contributed by atoms with E-state index in [1.54, 1.807) is 6.07 Å². The van der Waals surface area contributed by atoms with Gasteiger partial charge in [0.15, 0.2) is 0 Å². The topological polar surface area (TPSA) is 56.0 Å². The smallest absolute Gasteiger partial charge is 0.356 e. The van der Waals surface area contributed by atoms with Crippen LogP contribution in [0.1, 0.15) is 11.3 Å². The Bertz CT molecular complexity index is 792. The molecule has 0 spiro atoms. The van der Waals surface area contributed by atoms with Crippen molar-refractivity contribution < 1.29 is 4.42 Å². The summed E-state index contributed by atoms with van der Waals surface area (Å²) in [6.07, 6.45) is 4.95. The van der Waals surface area contributed by atoms with Crippen molar-refractivity contribution >= 4 is 23.4 Å². The van der Waals surface area contributed by atoms with Gasteiger partial charge in [-0.1, -0.05) is 36.4 Å². The van der Waals surface area contributed by atoms with E-state index in [1.165, 1.54) is 0 Å². The van der Waals surface area contributed by atoms with Gasteiger partial charge in [-0.15, -0.1) is 0 Å². The van der Waals surface area contributed by atoms with Crippen LogP contribution in [0, 0.1) is 0 Å². The van der Waals surface area contributed by atoms with E-state index in [2.05, 4.69) is 9.97 Å². The van der Waals surface area contributed by atoms with Gasteiger partial charge in [0.1, 0.15) is 11.7 Å². The number of hydrogen-bond acceptors (Lipinski definition) is 4. The van der Waals surface area contributed by atoms with Crippen LogP contribution in [0.2, 0.25) is 0 Å². The van der Waals surface area contributed by atoms with Crippen LogP contribution in [-0.2, 0) is 0 Å². The van der Waals surface area contributed by atoms with E-state index >= 15 is 0 Å². The van der Waals surface area contributed by atoms with E-state index in [0.29, 0.717) is 11.2 Å². The molecule has 0 atom stereocenters. The summed E-state index contributed by atoms with van der Waals surface area (Å²) in [6, 6.07) is 13.5. The Morgan fingerprint density at radius 2 is 1.84 bits per heavy atom. The van der Waals surface area contributed by atoms with Crippen molar-refractivity contribution in [1.29, 1.82) is 0 Å². The summed E-state index contributed by atoms with van der Waals surface area (Å²) in [6.45, 7) is 0. The first-order valence-electron chi connectivity index (χ1n) is 5.81. The third kappa shape index (κ3) is 2.57. The van der Waals surface area contributed by atoms with Crippen molar-refractivity contribution in [1.82, 2.24) is 9.97 Å². The fraction of sp³-hybridized carbons (Fsp3) is 0. The molecule has 0 aliphatic rings. The van der Waals surface area contributed by atoms with E-state index < -0.39 is 5.63 Å². The molecule has 1 aromatic carbocycles. The molecule has 0 amide bonds. The van der Waals surface area contributed by atoms with Gasteiger partial charge in [0.05, 0.1) is 5.69 Å². The van der Waals surface area contributed by atoms with Gasteiger partial charge in [0.2, 0.25) is 5.71 Å². The van der Waals surface area contributed by atoms with E-state index in [9.17, 15) is 4.79 Å². The first kappa shape index (κ1) is 11.3. The quantitative estimate of drug-likeness (QED) is 0.701. The summed E-state index contributed by atoms with van der Waals surface area (Å²) >= 11 is 0. The number of rotatable bonds is 2. The molecule has 0 fully saturated rings. The Morgan fingerprint density at radius 1 is 1.00 bits per heavy atom. The van der Waals surface area contributed by atoms with E-state index in [4.69, 9.17) is 4.42 Å². The van der Waals surface area contributed by atoms with Gasteiger partial charge < -0.3 is 4.42 Å². The average Bonchev–Trinajstić information content (AvgIpc) is 2.46. The third-order valence-electron chi connectivity index (χ3n) is 2.61. The Morgan fingerprint density at radius 3 is 2.68 bits per heavy atom. The molecular weight excluding hydrogens is 240 g/mol. The zero-order valence-electron chi connectivity index (χ0n) is 9.98. The molecule has 92 valence electrons. The van der Waals surface area contributed by atoms with Crippen molar-refractivity contribution in [3.05, 3.63) is 70.3 Å². The van der Waals surface area contributed by atoms with Crippen molar-refractivity contribution in [3.63, 3.8) is 0 Å². The molecule has 2 aromatic heterocycles. The van der Waals surface area contributed by atoms with E-state index in [-0.39, 0.29) is 5.71 Å². The van der Waals surface area contributed by atoms with Crippen LogP contribution >= 0.6 is 0 Å². The summed E-state index contributed by atoms with van der Waals surface area (Å²) in [5.41, 5.74) is 2.12. The maximum Gasteiger partial charge on any atom is 0.356 e. The zero-order valence-corrected chi connectivity index (χ0v) is 9.98. The first-order valence-corrected chi connectivity index (χ1v) is 5.81. The molecule has 0 saturated heterocycles. The van der Waals surface area contributed by atoms with Gasteiger partial charge in [0.25, 0.3) is 0 Å². The molecule has 3 aromatic rings. The number of aromatic nitrogens is 2. The second-order valence-electron chi connectivity index (χ2n) is 3.98. The minimum absolute atomic E-state index is 0.253. The molecule has 0 N–H and O–H groups in total. The third-order valence-corrected chi connectivity index (χ3v) is 2.61. The van der Waals surface area contributed by atoms with Gasteiger partial charge in [-0.05, 0) is 23.8 Å². The second kappa shape index (κ2) is 4.86. The average molecular weight is 250 g/mol. The van der Waals surface area contributed by atoms with Gasteiger partial charge in [-0.25, -0.2) is 14.8 Å². The normalized spacial score (nSPS) is 11.2.